The monoisotopic (exact) mass is 474 g/mol. The molecule has 33 heavy (non-hydrogen) atoms. The molecule has 0 aliphatic rings. The standard InChI is InChI=1S/C23H17F7O3/c1-2-3-12-4-6-13(7-5-12)19-17(31)11-16(25)20(21(19)26)23(29,30)33-14-8-9-18(15(24)10-14)32-22(27)28/h4-11,22,31H,2-3H2,1H3. The summed E-state index contributed by atoms with van der Waals surface area (Å²) in [7, 11) is 0. The van der Waals surface area contributed by atoms with Crippen LogP contribution in [0, 0.1) is 17.5 Å². The zero-order valence-corrected chi connectivity index (χ0v) is 17.0. The maximum atomic E-state index is 15.1. The number of hydrogen-bond donors (Lipinski definition) is 1. The molecule has 0 aliphatic carbocycles. The van der Waals surface area contributed by atoms with Crippen molar-refractivity contribution in [1.29, 1.82) is 0 Å². The fourth-order valence-corrected chi connectivity index (χ4v) is 3.21. The Balaban J connectivity index is 1.99. The van der Waals surface area contributed by atoms with E-state index < -0.39 is 58.5 Å². The zero-order chi connectivity index (χ0) is 24.3. The average molecular weight is 474 g/mol. The smallest absolute Gasteiger partial charge is 0.432 e. The van der Waals surface area contributed by atoms with Gasteiger partial charge in [0.1, 0.15) is 22.9 Å². The largest absolute Gasteiger partial charge is 0.507 e. The molecule has 0 aromatic heterocycles. The average Bonchev–Trinajstić information content (AvgIpc) is 2.70. The number of hydrogen-bond acceptors (Lipinski definition) is 3. The molecule has 176 valence electrons. The van der Waals surface area contributed by atoms with E-state index in [0.717, 1.165) is 12.0 Å². The first-order valence-corrected chi connectivity index (χ1v) is 9.65. The number of alkyl halides is 4. The highest BCUT2D eigenvalue weighted by Crippen LogP contribution is 2.42. The zero-order valence-electron chi connectivity index (χ0n) is 17.0. The Morgan fingerprint density at radius 1 is 0.939 bits per heavy atom. The second kappa shape index (κ2) is 9.60. The third kappa shape index (κ3) is 5.32. The summed E-state index contributed by atoms with van der Waals surface area (Å²) in [5.41, 5.74) is -1.59. The summed E-state index contributed by atoms with van der Waals surface area (Å²) in [6.45, 7) is -1.42. The summed E-state index contributed by atoms with van der Waals surface area (Å²) < 4.78 is 105. The minimum absolute atomic E-state index is 0.0152. The van der Waals surface area contributed by atoms with Crippen molar-refractivity contribution in [2.24, 2.45) is 0 Å². The van der Waals surface area contributed by atoms with Crippen LogP contribution in [0.5, 0.6) is 17.2 Å². The third-order valence-corrected chi connectivity index (χ3v) is 4.64. The lowest BCUT2D eigenvalue weighted by Crippen LogP contribution is -2.25. The number of aryl methyl sites for hydroxylation is 1. The van der Waals surface area contributed by atoms with Crippen LogP contribution < -0.4 is 9.47 Å². The van der Waals surface area contributed by atoms with Gasteiger partial charge in [-0.15, -0.1) is 0 Å². The van der Waals surface area contributed by atoms with E-state index >= 15 is 4.39 Å². The van der Waals surface area contributed by atoms with Gasteiger partial charge in [0.2, 0.25) is 0 Å². The van der Waals surface area contributed by atoms with Crippen molar-refractivity contribution in [1.82, 2.24) is 0 Å². The Hall–Kier alpha value is -3.43. The van der Waals surface area contributed by atoms with Crippen molar-refractivity contribution in [3.63, 3.8) is 0 Å². The van der Waals surface area contributed by atoms with E-state index in [1.165, 1.54) is 12.1 Å². The number of ether oxygens (including phenoxy) is 2. The van der Waals surface area contributed by atoms with Gasteiger partial charge in [-0.1, -0.05) is 37.6 Å². The highest BCUT2D eigenvalue weighted by Gasteiger charge is 2.43. The van der Waals surface area contributed by atoms with Gasteiger partial charge in [-0.3, -0.25) is 0 Å². The second-order valence-electron chi connectivity index (χ2n) is 6.98. The number of aromatic hydroxyl groups is 1. The van der Waals surface area contributed by atoms with Crippen LogP contribution in [0.15, 0.2) is 48.5 Å². The molecule has 3 rings (SSSR count). The molecule has 0 bridgehead atoms. The first-order chi connectivity index (χ1) is 15.5. The Bertz CT molecular complexity index is 1130. The maximum Gasteiger partial charge on any atom is 0.432 e. The van der Waals surface area contributed by atoms with E-state index in [9.17, 15) is 31.4 Å². The van der Waals surface area contributed by atoms with Crippen molar-refractivity contribution in [3.05, 3.63) is 77.1 Å². The topological polar surface area (TPSA) is 38.7 Å². The van der Waals surface area contributed by atoms with Crippen LogP contribution >= 0.6 is 0 Å². The molecule has 1 N–H and O–H groups in total. The summed E-state index contributed by atoms with van der Waals surface area (Å²) in [4.78, 5) is 0. The van der Waals surface area contributed by atoms with Crippen LogP contribution in [0.25, 0.3) is 11.1 Å². The predicted molar refractivity (Wildman–Crippen MR) is 105 cm³/mol. The molecule has 0 aliphatic heterocycles. The van der Waals surface area contributed by atoms with Crippen LogP contribution in [0.2, 0.25) is 0 Å². The number of phenols is 1. The molecular weight excluding hydrogens is 457 g/mol. The van der Waals surface area contributed by atoms with Crippen LogP contribution in [-0.4, -0.2) is 11.7 Å². The molecule has 3 aromatic carbocycles. The van der Waals surface area contributed by atoms with Crippen LogP contribution in [0.3, 0.4) is 0 Å². The van der Waals surface area contributed by atoms with E-state index in [1.807, 2.05) is 6.92 Å². The van der Waals surface area contributed by atoms with Gasteiger partial charge in [0.15, 0.2) is 17.4 Å². The molecule has 0 saturated heterocycles. The first-order valence-electron chi connectivity index (χ1n) is 9.65. The van der Waals surface area contributed by atoms with E-state index in [2.05, 4.69) is 9.47 Å². The molecule has 0 radical (unpaired) electrons. The molecule has 0 spiro atoms. The highest BCUT2D eigenvalue weighted by atomic mass is 19.3. The van der Waals surface area contributed by atoms with Gasteiger partial charge < -0.3 is 14.6 Å². The van der Waals surface area contributed by atoms with E-state index in [4.69, 9.17) is 0 Å². The van der Waals surface area contributed by atoms with Gasteiger partial charge in [-0.2, -0.15) is 17.6 Å². The van der Waals surface area contributed by atoms with Crippen LogP contribution in [0.1, 0.15) is 24.5 Å². The van der Waals surface area contributed by atoms with Crippen molar-refractivity contribution in [2.45, 2.75) is 32.5 Å². The summed E-state index contributed by atoms with van der Waals surface area (Å²) in [5.74, 6) is -7.79. The van der Waals surface area contributed by atoms with Crippen molar-refractivity contribution in [3.8, 4) is 28.4 Å². The molecule has 0 fully saturated rings. The molecule has 0 unspecified atom stereocenters. The Labute approximate surface area is 184 Å². The number of rotatable bonds is 8. The molecule has 0 atom stereocenters. The lowest BCUT2D eigenvalue weighted by molar-refractivity contribution is -0.189. The first kappa shape index (κ1) is 24.2. The lowest BCUT2D eigenvalue weighted by Gasteiger charge is -2.21. The van der Waals surface area contributed by atoms with Gasteiger partial charge in [-0.05, 0) is 29.7 Å². The Kier molecular flexibility index (Phi) is 7.04. The third-order valence-electron chi connectivity index (χ3n) is 4.64. The molecule has 0 amide bonds. The maximum absolute atomic E-state index is 15.1. The minimum Gasteiger partial charge on any atom is -0.507 e. The normalized spacial score (nSPS) is 11.7. The second-order valence-corrected chi connectivity index (χ2v) is 6.98. The molecule has 3 nitrogen and oxygen atoms in total. The fourth-order valence-electron chi connectivity index (χ4n) is 3.21. The van der Waals surface area contributed by atoms with Crippen molar-refractivity contribution >= 4 is 0 Å². The SMILES string of the molecule is CCCc1ccc(-c2c(O)cc(F)c(C(F)(F)Oc3ccc(OC(F)F)c(F)c3)c2F)cc1. The number of halogens is 7. The van der Waals surface area contributed by atoms with E-state index in [1.54, 1.807) is 12.1 Å². The fraction of sp³-hybridized carbons (Fsp3) is 0.217. The Morgan fingerprint density at radius 2 is 1.61 bits per heavy atom. The summed E-state index contributed by atoms with van der Waals surface area (Å²) in [6, 6.07) is 7.88. The van der Waals surface area contributed by atoms with Crippen molar-refractivity contribution in [2.75, 3.05) is 0 Å². The molecule has 0 heterocycles. The van der Waals surface area contributed by atoms with Gasteiger partial charge in [-0.25, -0.2) is 13.2 Å². The number of phenolic OH excluding ortho intramolecular Hbond substituents is 1. The Morgan fingerprint density at radius 3 is 2.18 bits per heavy atom. The summed E-state index contributed by atoms with van der Waals surface area (Å²) >= 11 is 0. The predicted octanol–water partition coefficient (Wildman–Crippen LogP) is 7.16. The molecule has 0 saturated carbocycles. The molecule has 10 heteroatoms. The van der Waals surface area contributed by atoms with Crippen LogP contribution in [0.4, 0.5) is 30.7 Å². The summed E-state index contributed by atoms with van der Waals surface area (Å²) in [5, 5.41) is 10.0. The molecule has 3 aromatic rings. The lowest BCUT2D eigenvalue weighted by atomic mass is 9.98. The summed E-state index contributed by atoms with van der Waals surface area (Å²) in [6.07, 6.45) is -3.11. The van der Waals surface area contributed by atoms with Gasteiger partial charge >= 0.3 is 12.7 Å². The van der Waals surface area contributed by atoms with Gasteiger partial charge in [0.25, 0.3) is 0 Å². The number of benzene rings is 3. The highest BCUT2D eigenvalue weighted by molar-refractivity contribution is 5.72. The van der Waals surface area contributed by atoms with E-state index in [0.29, 0.717) is 30.7 Å². The van der Waals surface area contributed by atoms with Crippen LogP contribution in [-0.2, 0) is 12.5 Å². The van der Waals surface area contributed by atoms with Gasteiger partial charge in [0, 0.05) is 12.1 Å². The molecular formula is C23H17F7O3. The quantitative estimate of drug-likeness (QED) is 0.352. The minimum atomic E-state index is -4.66. The van der Waals surface area contributed by atoms with Crippen molar-refractivity contribution < 1.29 is 45.3 Å². The van der Waals surface area contributed by atoms with E-state index in [-0.39, 0.29) is 5.56 Å². The van der Waals surface area contributed by atoms with Gasteiger partial charge in [0.05, 0.1) is 5.56 Å².